The maximum Gasteiger partial charge on any atom is 0.238 e. The largest absolute Gasteiger partial charge is 0.508 e. The van der Waals surface area contributed by atoms with Crippen LogP contribution in [0.4, 0.5) is 0 Å². The summed E-state index contributed by atoms with van der Waals surface area (Å²) in [7, 11) is -0.0625. The third-order valence-electron chi connectivity index (χ3n) is 1.87. The molecule has 84 valence electrons. The number of nitrogens with zero attached hydrogens (tertiary/aromatic N) is 1. The van der Waals surface area contributed by atoms with Crippen molar-refractivity contribution in [2.75, 3.05) is 14.1 Å². The lowest BCUT2D eigenvalue weighted by molar-refractivity contribution is 0.385. The first-order valence-electron chi connectivity index (χ1n) is 4.30. The molecule has 0 saturated carbocycles. The molecule has 0 spiro atoms. The van der Waals surface area contributed by atoms with Gasteiger partial charge in [0.2, 0.25) is 10.0 Å². The Morgan fingerprint density at radius 1 is 1.40 bits per heavy atom. The molecule has 0 unspecified atom stereocenters. The van der Waals surface area contributed by atoms with Gasteiger partial charge in [-0.1, -0.05) is 0 Å². The summed E-state index contributed by atoms with van der Waals surface area (Å²) in [6, 6.07) is 3.99. The fourth-order valence-electron chi connectivity index (χ4n) is 1.21. The molecule has 5 nitrogen and oxygen atoms in total. The van der Waals surface area contributed by atoms with E-state index in [1.54, 1.807) is 0 Å². The van der Waals surface area contributed by atoms with Gasteiger partial charge in [0.25, 0.3) is 0 Å². The van der Waals surface area contributed by atoms with E-state index in [2.05, 4.69) is 0 Å². The number of hydrogen-bond acceptors (Lipinski definition) is 4. The van der Waals surface area contributed by atoms with Crippen LogP contribution in [0.3, 0.4) is 0 Å². The van der Waals surface area contributed by atoms with Gasteiger partial charge >= 0.3 is 0 Å². The van der Waals surface area contributed by atoms with E-state index in [9.17, 15) is 13.5 Å². The standard InChI is InChI=1S/C9H14N2O3S/c1-11(2)6-7-5-8(15(10,13)14)3-4-9(7)12/h3-5,12H,6H2,1-2H3,(H2,10,13,14). The Kier molecular flexibility index (Phi) is 3.33. The Hall–Kier alpha value is -1.11. The van der Waals surface area contributed by atoms with Crippen molar-refractivity contribution in [3.8, 4) is 5.75 Å². The van der Waals surface area contributed by atoms with E-state index in [1.165, 1.54) is 18.2 Å². The van der Waals surface area contributed by atoms with Crippen molar-refractivity contribution in [3.05, 3.63) is 23.8 Å². The lowest BCUT2D eigenvalue weighted by atomic mass is 10.2. The molecule has 0 atom stereocenters. The molecular weight excluding hydrogens is 216 g/mol. The normalized spacial score (nSPS) is 12.0. The van der Waals surface area contributed by atoms with Crippen molar-refractivity contribution in [1.82, 2.24) is 4.90 Å². The van der Waals surface area contributed by atoms with Gasteiger partial charge in [-0.15, -0.1) is 0 Å². The fourth-order valence-corrected chi connectivity index (χ4v) is 1.77. The molecule has 3 N–H and O–H groups in total. The SMILES string of the molecule is CN(C)Cc1cc(S(N)(=O)=O)ccc1O. The van der Waals surface area contributed by atoms with E-state index in [0.29, 0.717) is 12.1 Å². The Morgan fingerprint density at radius 2 is 2.00 bits per heavy atom. The van der Waals surface area contributed by atoms with Crippen LogP contribution in [0.25, 0.3) is 0 Å². The predicted octanol–water partition coefficient (Wildman–Crippen LogP) is 0.101. The minimum absolute atomic E-state index is 0.0113. The number of hydrogen-bond donors (Lipinski definition) is 2. The second kappa shape index (κ2) is 4.18. The van der Waals surface area contributed by atoms with Gasteiger partial charge < -0.3 is 10.0 Å². The summed E-state index contributed by atoms with van der Waals surface area (Å²) in [5.74, 6) is 0.0658. The number of aromatic hydroxyl groups is 1. The molecule has 0 saturated heterocycles. The van der Waals surface area contributed by atoms with Gasteiger partial charge in [0.05, 0.1) is 4.90 Å². The van der Waals surface area contributed by atoms with E-state index in [1.807, 2.05) is 19.0 Å². The highest BCUT2D eigenvalue weighted by Gasteiger charge is 2.11. The molecule has 0 bridgehead atoms. The van der Waals surface area contributed by atoms with E-state index in [0.717, 1.165) is 0 Å². The van der Waals surface area contributed by atoms with Crippen molar-refractivity contribution in [3.63, 3.8) is 0 Å². The number of nitrogens with two attached hydrogens (primary N) is 1. The Labute approximate surface area is 89.2 Å². The molecule has 0 aliphatic heterocycles. The van der Waals surface area contributed by atoms with E-state index >= 15 is 0 Å². The zero-order valence-electron chi connectivity index (χ0n) is 8.64. The quantitative estimate of drug-likeness (QED) is 0.771. The van der Waals surface area contributed by atoms with Crippen LogP contribution in [-0.2, 0) is 16.6 Å². The van der Waals surface area contributed by atoms with E-state index in [-0.39, 0.29) is 10.6 Å². The summed E-state index contributed by atoms with van der Waals surface area (Å²) < 4.78 is 22.1. The molecule has 15 heavy (non-hydrogen) atoms. The maximum absolute atomic E-state index is 11.1. The highest BCUT2D eigenvalue weighted by atomic mass is 32.2. The van der Waals surface area contributed by atoms with Crippen LogP contribution in [0.1, 0.15) is 5.56 Å². The van der Waals surface area contributed by atoms with Crippen LogP contribution in [0, 0.1) is 0 Å². The lowest BCUT2D eigenvalue weighted by Gasteiger charge is -2.11. The van der Waals surface area contributed by atoms with Gasteiger partial charge in [-0.3, -0.25) is 0 Å². The molecule has 0 aromatic heterocycles. The molecule has 0 fully saturated rings. The molecule has 1 rings (SSSR count). The van der Waals surface area contributed by atoms with Gasteiger partial charge in [0.15, 0.2) is 0 Å². The van der Waals surface area contributed by atoms with Crippen molar-refractivity contribution >= 4 is 10.0 Å². The van der Waals surface area contributed by atoms with Gasteiger partial charge in [0.1, 0.15) is 5.75 Å². The van der Waals surface area contributed by atoms with Crippen LogP contribution < -0.4 is 5.14 Å². The van der Waals surface area contributed by atoms with Gasteiger partial charge in [-0.05, 0) is 32.3 Å². The number of rotatable bonds is 3. The molecule has 1 aromatic rings. The second-order valence-electron chi connectivity index (χ2n) is 3.57. The van der Waals surface area contributed by atoms with Crippen LogP contribution >= 0.6 is 0 Å². The third-order valence-corrected chi connectivity index (χ3v) is 2.78. The second-order valence-corrected chi connectivity index (χ2v) is 5.13. The maximum atomic E-state index is 11.1. The van der Waals surface area contributed by atoms with Crippen LogP contribution in [0.2, 0.25) is 0 Å². The Balaban J connectivity index is 3.17. The summed E-state index contributed by atoms with van der Waals surface area (Å²) in [6.07, 6.45) is 0. The van der Waals surface area contributed by atoms with Gasteiger partial charge in [-0.2, -0.15) is 0 Å². The lowest BCUT2D eigenvalue weighted by Crippen LogP contribution is -2.14. The molecule has 6 heteroatoms. The topological polar surface area (TPSA) is 83.6 Å². The van der Waals surface area contributed by atoms with Crippen molar-refractivity contribution < 1.29 is 13.5 Å². The minimum atomic E-state index is -3.71. The number of sulfonamides is 1. The summed E-state index contributed by atoms with van der Waals surface area (Å²) in [4.78, 5) is 1.83. The Morgan fingerprint density at radius 3 is 2.47 bits per heavy atom. The summed E-state index contributed by atoms with van der Waals surface area (Å²) in [5, 5.41) is 14.5. The van der Waals surface area contributed by atoms with Crippen LogP contribution in [-0.4, -0.2) is 32.5 Å². The zero-order chi connectivity index (χ0) is 11.6. The summed E-state index contributed by atoms with van der Waals surface area (Å²) >= 11 is 0. The number of benzene rings is 1. The zero-order valence-corrected chi connectivity index (χ0v) is 9.45. The first-order chi connectivity index (χ1) is 6.80. The van der Waals surface area contributed by atoms with Crippen LogP contribution in [0.15, 0.2) is 23.1 Å². The molecular formula is C9H14N2O3S. The molecule has 0 radical (unpaired) electrons. The monoisotopic (exact) mass is 230 g/mol. The first kappa shape index (κ1) is 12.0. The Bertz CT molecular complexity index is 454. The molecule has 0 heterocycles. The van der Waals surface area contributed by atoms with Gasteiger partial charge in [0, 0.05) is 12.1 Å². The average Bonchev–Trinajstić information content (AvgIpc) is 2.06. The van der Waals surface area contributed by atoms with Crippen molar-refractivity contribution in [2.45, 2.75) is 11.4 Å². The number of primary sulfonamides is 1. The molecule has 1 aromatic carbocycles. The predicted molar refractivity (Wildman–Crippen MR) is 56.9 cm³/mol. The molecule has 0 aliphatic carbocycles. The summed E-state index contributed by atoms with van der Waals surface area (Å²) in [5.41, 5.74) is 0.534. The average molecular weight is 230 g/mol. The van der Waals surface area contributed by atoms with Crippen molar-refractivity contribution in [2.24, 2.45) is 5.14 Å². The summed E-state index contributed by atoms with van der Waals surface area (Å²) in [6.45, 7) is 0.454. The third kappa shape index (κ3) is 3.19. The fraction of sp³-hybridized carbons (Fsp3) is 0.333. The highest BCUT2D eigenvalue weighted by Crippen LogP contribution is 2.21. The number of phenols is 1. The van der Waals surface area contributed by atoms with Gasteiger partial charge in [-0.25, -0.2) is 13.6 Å². The molecule has 0 aliphatic rings. The molecule has 0 amide bonds. The highest BCUT2D eigenvalue weighted by molar-refractivity contribution is 7.89. The van der Waals surface area contributed by atoms with E-state index < -0.39 is 10.0 Å². The number of phenolic OH excluding ortho intramolecular Hbond substituents is 1. The minimum Gasteiger partial charge on any atom is -0.508 e. The first-order valence-corrected chi connectivity index (χ1v) is 5.85. The van der Waals surface area contributed by atoms with E-state index in [4.69, 9.17) is 5.14 Å². The van der Waals surface area contributed by atoms with Crippen molar-refractivity contribution in [1.29, 1.82) is 0 Å². The van der Waals surface area contributed by atoms with Crippen LogP contribution in [0.5, 0.6) is 5.75 Å². The smallest absolute Gasteiger partial charge is 0.238 e.